The fraction of sp³-hybridized carbons (Fsp3) is 1.00. The average Bonchev–Trinajstić information content (AvgIpc) is 1.55. The van der Waals surface area contributed by atoms with Crippen molar-refractivity contribution in [1.29, 1.82) is 0 Å². The predicted molar refractivity (Wildman–Crippen MR) is 37.7 cm³/mol. The van der Waals surface area contributed by atoms with Crippen LogP contribution in [0.1, 0.15) is 0 Å². The molecule has 11 heavy (non-hydrogen) atoms. The van der Waals surface area contributed by atoms with E-state index >= 15 is 0 Å². The van der Waals surface area contributed by atoms with Crippen LogP contribution in [0.3, 0.4) is 0 Å². The molecule has 0 aromatic heterocycles. The summed E-state index contributed by atoms with van der Waals surface area (Å²) in [4.78, 5) is 28.9. The van der Waals surface area contributed by atoms with E-state index in [9.17, 15) is 4.57 Å². The van der Waals surface area contributed by atoms with Gasteiger partial charge in [-0.2, -0.15) is 0 Å². The lowest BCUT2D eigenvalue weighted by Gasteiger charge is -2.12. The molecule has 0 saturated heterocycles. The molecule has 0 rings (SSSR count). The van der Waals surface area contributed by atoms with Crippen LogP contribution in [0.2, 0.25) is 0 Å². The van der Waals surface area contributed by atoms with E-state index in [0.717, 1.165) is 7.11 Å². The van der Waals surface area contributed by atoms with Crippen LogP contribution in [0, 0.1) is 0 Å². The molecule has 0 amide bonds. The first-order valence-electron chi connectivity index (χ1n) is 2.09. The quantitative estimate of drug-likeness (QED) is 0.345. The molecule has 0 saturated carbocycles. The molecule has 0 heterocycles. The third kappa shape index (κ3) is 7.02. The summed E-state index contributed by atoms with van der Waals surface area (Å²) < 4.78 is 17.6. The third-order valence-electron chi connectivity index (χ3n) is 0.378. The van der Waals surface area contributed by atoms with Crippen LogP contribution in [-0.2, 0) is 30.2 Å². The maximum absolute atomic E-state index is 10.1. The van der Waals surface area contributed by atoms with Crippen molar-refractivity contribution in [2.45, 2.75) is 0 Å². The fourth-order valence-corrected chi connectivity index (χ4v) is 2.58. The number of rotatable bonds is 4. The van der Waals surface area contributed by atoms with Gasteiger partial charge in [0.2, 0.25) is 0 Å². The standard InChI is InChI=1S/CH6O7P2S/c1-6-7-10(5,11)8-9(2,3)4/h1H3,(H,5,11)(H2,2,3,4). The summed E-state index contributed by atoms with van der Waals surface area (Å²) in [5, 5.41) is 0. The van der Waals surface area contributed by atoms with Gasteiger partial charge in [0.25, 0.3) is 0 Å². The molecular weight excluding hydrogens is 218 g/mol. The van der Waals surface area contributed by atoms with E-state index in [1.807, 2.05) is 0 Å². The number of hydrogen-bond donors (Lipinski definition) is 3. The lowest BCUT2D eigenvalue weighted by Crippen LogP contribution is -1.91. The Bertz CT molecular complexity index is 206. The Morgan fingerprint density at radius 3 is 2.09 bits per heavy atom. The zero-order chi connectivity index (χ0) is 9.12. The summed E-state index contributed by atoms with van der Waals surface area (Å²) >= 11 is 4.10. The minimum atomic E-state index is -4.83. The molecule has 0 aromatic rings. The van der Waals surface area contributed by atoms with Crippen LogP contribution in [0.5, 0.6) is 0 Å². The molecule has 0 radical (unpaired) electrons. The molecule has 0 bridgehead atoms. The Labute approximate surface area is 67.3 Å². The summed E-state index contributed by atoms with van der Waals surface area (Å²) in [5.41, 5.74) is 0. The summed E-state index contributed by atoms with van der Waals surface area (Å²) in [7, 11) is -3.81. The van der Waals surface area contributed by atoms with Crippen molar-refractivity contribution >= 4 is 26.3 Å². The van der Waals surface area contributed by atoms with Gasteiger partial charge in [-0.3, -0.25) is 0 Å². The van der Waals surface area contributed by atoms with Gasteiger partial charge < -0.3 is 14.7 Å². The molecule has 68 valence electrons. The van der Waals surface area contributed by atoms with Gasteiger partial charge in [-0.1, -0.05) is 0 Å². The van der Waals surface area contributed by atoms with E-state index in [-0.39, 0.29) is 0 Å². The van der Waals surface area contributed by atoms with Crippen molar-refractivity contribution in [2.75, 3.05) is 7.11 Å². The average molecular weight is 224 g/mol. The third-order valence-corrected chi connectivity index (χ3v) is 3.17. The van der Waals surface area contributed by atoms with Crippen molar-refractivity contribution in [3.63, 3.8) is 0 Å². The van der Waals surface area contributed by atoms with Crippen LogP contribution < -0.4 is 0 Å². The second-order valence-electron chi connectivity index (χ2n) is 1.28. The first-order chi connectivity index (χ1) is 4.77. The Morgan fingerprint density at radius 2 is 1.82 bits per heavy atom. The molecule has 0 aliphatic carbocycles. The van der Waals surface area contributed by atoms with Gasteiger partial charge in [0, 0.05) is 0 Å². The van der Waals surface area contributed by atoms with E-state index in [0.29, 0.717) is 0 Å². The largest absolute Gasteiger partial charge is 0.476 e. The molecule has 3 N–H and O–H groups in total. The highest BCUT2D eigenvalue weighted by Gasteiger charge is 2.28. The predicted octanol–water partition coefficient (Wildman–Crippen LogP) is -0.110. The molecule has 1 unspecified atom stereocenters. The van der Waals surface area contributed by atoms with Crippen molar-refractivity contribution in [3.05, 3.63) is 0 Å². The Morgan fingerprint density at radius 1 is 1.36 bits per heavy atom. The lowest BCUT2D eigenvalue weighted by atomic mass is 11.8. The van der Waals surface area contributed by atoms with Crippen LogP contribution >= 0.6 is 14.5 Å². The molecule has 10 heteroatoms. The van der Waals surface area contributed by atoms with Gasteiger partial charge in [0.15, 0.2) is 0 Å². The van der Waals surface area contributed by atoms with Gasteiger partial charge in [-0.05, 0) is 11.8 Å². The molecule has 0 spiro atoms. The Hall–Kier alpha value is 0.640. The van der Waals surface area contributed by atoms with E-state index in [4.69, 9.17) is 14.7 Å². The highest BCUT2D eigenvalue weighted by atomic mass is 32.5. The SMILES string of the molecule is COOP(O)(=S)OP(=O)(O)O. The molecule has 0 aliphatic rings. The topological polar surface area (TPSA) is 105 Å². The second-order valence-corrected chi connectivity index (χ2v) is 5.39. The van der Waals surface area contributed by atoms with E-state index < -0.39 is 14.5 Å². The van der Waals surface area contributed by atoms with Gasteiger partial charge in [-0.25, -0.2) is 13.8 Å². The van der Waals surface area contributed by atoms with Crippen LogP contribution in [-0.4, -0.2) is 21.8 Å². The summed E-state index contributed by atoms with van der Waals surface area (Å²) in [6.07, 6.45) is 0. The first-order valence-corrected chi connectivity index (χ1v) is 6.21. The highest BCUT2D eigenvalue weighted by molar-refractivity contribution is 8.08. The van der Waals surface area contributed by atoms with Crippen LogP contribution in [0.15, 0.2) is 0 Å². The van der Waals surface area contributed by atoms with Crippen molar-refractivity contribution < 1.29 is 33.1 Å². The Balaban J connectivity index is 4.14. The minimum Gasteiger partial charge on any atom is -0.323 e. The second kappa shape index (κ2) is 4.04. The van der Waals surface area contributed by atoms with Crippen LogP contribution in [0.4, 0.5) is 0 Å². The maximum atomic E-state index is 10.1. The molecular formula is CH6O7P2S. The van der Waals surface area contributed by atoms with Gasteiger partial charge in [-0.15, -0.1) is 4.67 Å². The van der Waals surface area contributed by atoms with Crippen LogP contribution in [0.25, 0.3) is 0 Å². The zero-order valence-electron chi connectivity index (χ0n) is 5.28. The van der Waals surface area contributed by atoms with Gasteiger partial charge >= 0.3 is 14.5 Å². The van der Waals surface area contributed by atoms with E-state index in [1.165, 1.54) is 0 Å². The molecule has 0 aromatic carbocycles. The summed E-state index contributed by atoms with van der Waals surface area (Å²) in [6.45, 7) is -3.97. The Kier molecular flexibility index (Phi) is 4.28. The lowest BCUT2D eigenvalue weighted by molar-refractivity contribution is -0.185. The number of hydrogen-bond acceptors (Lipinski definition) is 5. The smallest absolute Gasteiger partial charge is 0.323 e. The minimum absolute atomic E-state index is 1.01. The molecule has 0 fully saturated rings. The summed E-state index contributed by atoms with van der Waals surface area (Å²) in [6, 6.07) is 0. The maximum Gasteiger partial charge on any atom is 0.476 e. The molecule has 1 atom stereocenters. The highest BCUT2D eigenvalue weighted by Crippen LogP contribution is 2.57. The molecule has 0 aliphatic heterocycles. The monoisotopic (exact) mass is 224 g/mol. The fourth-order valence-electron chi connectivity index (χ4n) is 0.242. The zero-order valence-corrected chi connectivity index (χ0v) is 7.88. The van der Waals surface area contributed by atoms with Crippen molar-refractivity contribution in [1.82, 2.24) is 0 Å². The molecule has 7 nitrogen and oxygen atoms in total. The van der Waals surface area contributed by atoms with Crippen molar-refractivity contribution in [2.24, 2.45) is 0 Å². The number of phosphoric acid groups is 1. The van der Waals surface area contributed by atoms with Crippen molar-refractivity contribution in [3.8, 4) is 0 Å². The normalized spacial score (nSPS) is 17.8. The summed E-state index contributed by atoms with van der Waals surface area (Å²) in [5.74, 6) is 0. The van der Waals surface area contributed by atoms with Gasteiger partial charge in [0.1, 0.15) is 0 Å². The van der Waals surface area contributed by atoms with E-state index in [2.05, 4.69) is 25.7 Å². The first kappa shape index (κ1) is 11.6. The van der Waals surface area contributed by atoms with E-state index in [1.54, 1.807) is 0 Å². The van der Waals surface area contributed by atoms with Gasteiger partial charge in [0.05, 0.1) is 7.11 Å².